The molecule has 0 bridgehead atoms. The SMILES string of the molecule is CC(C)c1ccccc1OCC(=O)N(Cc1cccc(Cl)c1)C(Cc1ccccc1)C(=O)NC(C)(C)C. The number of amides is 2. The van der Waals surface area contributed by atoms with Crippen LogP contribution in [0.25, 0.3) is 0 Å². The molecule has 1 N–H and O–H groups in total. The summed E-state index contributed by atoms with van der Waals surface area (Å²) in [4.78, 5) is 29.0. The van der Waals surface area contributed by atoms with Gasteiger partial charge in [0.15, 0.2) is 6.61 Å². The first-order valence-electron chi connectivity index (χ1n) is 12.6. The zero-order chi connectivity index (χ0) is 27.0. The van der Waals surface area contributed by atoms with Crippen LogP contribution in [0.15, 0.2) is 78.9 Å². The summed E-state index contributed by atoms with van der Waals surface area (Å²) in [7, 11) is 0. The third-order valence-corrected chi connectivity index (χ3v) is 6.14. The molecule has 0 radical (unpaired) electrons. The van der Waals surface area contributed by atoms with E-state index in [1.165, 1.54) is 0 Å². The maximum Gasteiger partial charge on any atom is 0.261 e. The summed E-state index contributed by atoms with van der Waals surface area (Å²) in [6.07, 6.45) is 0.373. The predicted molar refractivity (Wildman–Crippen MR) is 150 cm³/mol. The van der Waals surface area contributed by atoms with Crippen molar-refractivity contribution in [2.45, 2.75) is 65.1 Å². The van der Waals surface area contributed by atoms with Crippen LogP contribution in [0.5, 0.6) is 5.75 Å². The summed E-state index contributed by atoms with van der Waals surface area (Å²) in [6.45, 7) is 10.0. The molecule has 0 aromatic heterocycles. The van der Waals surface area contributed by atoms with Gasteiger partial charge in [-0.15, -0.1) is 0 Å². The van der Waals surface area contributed by atoms with E-state index in [1.54, 1.807) is 11.0 Å². The zero-order valence-electron chi connectivity index (χ0n) is 22.3. The van der Waals surface area contributed by atoms with Gasteiger partial charge in [-0.05, 0) is 61.6 Å². The third kappa shape index (κ3) is 8.64. The van der Waals surface area contributed by atoms with E-state index in [-0.39, 0.29) is 30.9 Å². The van der Waals surface area contributed by atoms with E-state index in [4.69, 9.17) is 16.3 Å². The highest BCUT2D eigenvalue weighted by molar-refractivity contribution is 6.30. The largest absolute Gasteiger partial charge is 0.483 e. The minimum Gasteiger partial charge on any atom is -0.483 e. The monoisotopic (exact) mass is 520 g/mol. The van der Waals surface area contributed by atoms with E-state index in [0.717, 1.165) is 16.7 Å². The Bertz CT molecular complexity index is 1190. The molecular formula is C31H37ClN2O3. The fraction of sp³-hybridized carbons (Fsp3) is 0.355. The van der Waals surface area contributed by atoms with Gasteiger partial charge in [-0.25, -0.2) is 0 Å². The number of hydrogen-bond acceptors (Lipinski definition) is 3. The maximum absolute atomic E-state index is 13.8. The Morgan fingerprint density at radius 1 is 0.919 bits per heavy atom. The summed E-state index contributed by atoms with van der Waals surface area (Å²) in [6, 6.07) is 24.1. The van der Waals surface area contributed by atoms with E-state index in [2.05, 4.69) is 19.2 Å². The summed E-state index contributed by atoms with van der Waals surface area (Å²) >= 11 is 6.25. The first-order chi connectivity index (χ1) is 17.5. The van der Waals surface area contributed by atoms with Crippen molar-refractivity contribution in [3.63, 3.8) is 0 Å². The number of halogens is 1. The molecule has 0 aliphatic carbocycles. The molecule has 37 heavy (non-hydrogen) atoms. The number of carbonyl (C=O) groups is 2. The number of benzene rings is 3. The van der Waals surface area contributed by atoms with Crippen molar-refractivity contribution in [3.05, 3.63) is 101 Å². The van der Waals surface area contributed by atoms with Crippen LogP contribution in [0.2, 0.25) is 5.02 Å². The molecule has 0 spiro atoms. The molecule has 0 aliphatic heterocycles. The van der Waals surface area contributed by atoms with Crippen LogP contribution >= 0.6 is 11.6 Å². The van der Waals surface area contributed by atoms with E-state index in [1.807, 2.05) is 93.6 Å². The van der Waals surface area contributed by atoms with Gasteiger partial charge in [-0.2, -0.15) is 0 Å². The lowest BCUT2D eigenvalue weighted by Crippen LogP contribution is -2.55. The molecule has 1 unspecified atom stereocenters. The van der Waals surface area contributed by atoms with Gasteiger partial charge in [0.2, 0.25) is 5.91 Å². The van der Waals surface area contributed by atoms with Gasteiger partial charge in [0.05, 0.1) is 0 Å². The Balaban J connectivity index is 1.95. The minimum absolute atomic E-state index is 0.182. The Kier molecular flexibility index (Phi) is 9.76. The molecule has 196 valence electrons. The maximum atomic E-state index is 13.8. The van der Waals surface area contributed by atoms with Gasteiger partial charge >= 0.3 is 0 Å². The van der Waals surface area contributed by atoms with Gasteiger partial charge in [-0.1, -0.05) is 86.1 Å². The van der Waals surface area contributed by atoms with Crippen molar-refractivity contribution in [2.75, 3.05) is 6.61 Å². The lowest BCUT2D eigenvalue weighted by Gasteiger charge is -2.34. The summed E-state index contributed by atoms with van der Waals surface area (Å²) < 4.78 is 6.03. The summed E-state index contributed by atoms with van der Waals surface area (Å²) in [5.74, 6) is 0.433. The molecular weight excluding hydrogens is 484 g/mol. The van der Waals surface area contributed by atoms with Gasteiger partial charge in [0.25, 0.3) is 5.91 Å². The Labute approximate surface area is 225 Å². The predicted octanol–water partition coefficient (Wildman–Crippen LogP) is 6.40. The van der Waals surface area contributed by atoms with Gasteiger partial charge in [0, 0.05) is 23.5 Å². The number of hydrogen-bond donors (Lipinski definition) is 1. The van der Waals surface area contributed by atoms with Crippen LogP contribution in [0.3, 0.4) is 0 Å². The highest BCUT2D eigenvalue weighted by Crippen LogP contribution is 2.26. The lowest BCUT2D eigenvalue weighted by molar-refractivity contribution is -0.143. The van der Waals surface area contributed by atoms with Crippen LogP contribution in [0.4, 0.5) is 0 Å². The minimum atomic E-state index is -0.739. The summed E-state index contributed by atoms with van der Waals surface area (Å²) in [5.41, 5.74) is 2.38. The smallest absolute Gasteiger partial charge is 0.261 e. The number of carbonyl (C=O) groups excluding carboxylic acids is 2. The van der Waals surface area contributed by atoms with E-state index >= 15 is 0 Å². The quantitative estimate of drug-likeness (QED) is 0.336. The lowest BCUT2D eigenvalue weighted by atomic mass is 10.0. The molecule has 1 atom stereocenters. The molecule has 0 saturated carbocycles. The van der Waals surface area contributed by atoms with Crippen LogP contribution in [-0.2, 0) is 22.6 Å². The van der Waals surface area contributed by atoms with E-state index < -0.39 is 11.6 Å². The van der Waals surface area contributed by atoms with E-state index in [0.29, 0.717) is 17.2 Å². The van der Waals surface area contributed by atoms with Crippen LogP contribution in [0, 0.1) is 0 Å². The van der Waals surface area contributed by atoms with Gasteiger partial charge in [0.1, 0.15) is 11.8 Å². The van der Waals surface area contributed by atoms with Crippen molar-refractivity contribution >= 4 is 23.4 Å². The average Bonchev–Trinajstić information content (AvgIpc) is 2.84. The van der Waals surface area contributed by atoms with Crippen LogP contribution in [-0.4, -0.2) is 34.9 Å². The molecule has 2 amide bonds. The zero-order valence-corrected chi connectivity index (χ0v) is 23.1. The Morgan fingerprint density at radius 3 is 2.22 bits per heavy atom. The molecule has 0 aliphatic rings. The van der Waals surface area contributed by atoms with Crippen molar-refractivity contribution in [3.8, 4) is 5.75 Å². The highest BCUT2D eigenvalue weighted by Gasteiger charge is 2.32. The second-order valence-corrected chi connectivity index (χ2v) is 11.0. The molecule has 6 heteroatoms. The third-order valence-electron chi connectivity index (χ3n) is 5.90. The van der Waals surface area contributed by atoms with Crippen molar-refractivity contribution in [1.29, 1.82) is 0 Å². The van der Waals surface area contributed by atoms with Gasteiger partial charge in [-0.3, -0.25) is 9.59 Å². The standard InChI is InChI=1S/C31H37ClN2O3/c1-22(2)26-16-9-10-17-28(26)37-21-29(35)34(20-24-14-11-15-25(32)18-24)27(30(36)33-31(3,4)5)19-23-12-7-6-8-13-23/h6-18,22,27H,19-21H2,1-5H3,(H,33,36). The molecule has 0 heterocycles. The van der Waals surface area contributed by atoms with Crippen molar-refractivity contribution in [2.24, 2.45) is 0 Å². The van der Waals surface area contributed by atoms with Crippen LogP contribution < -0.4 is 10.1 Å². The highest BCUT2D eigenvalue weighted by atomic mass is 35.5. The second-order valence-electron chi connectivity index (χ2n) is 10.6. The first kappa shape index (κ1) is 28.3. The van der Waals surface area contributed by atoms with Gasteiger partial charge < -0.3 is 15.0 Å². The van der Waals surface area contributed by atoms with Crippen molar-refractivity contribution < 1.29 is 14.3 Å². The molecule has 0 saturated heterocycles. The average molecular weight is 521 g/mol. The Hall–Kier alpha value is -3.31. The Morgan fingerprint density at radius 2 is 1.57 bits per heavy atom. The normalized spacial score (nSPS) is 12.2. The van der Waals surface area contributed by atoms with Crippen molar-refractivity contribution in [1.82, 2.24) is 10.2 Å². The first-order valence-corrected chi connectivity index (χ1v) is 13.0. The van der Waals surface area contributed by atoms with E-state index in [9.17, 15) is 9.59 Å². The molecule has 3 aromatic carbocycles. The summed E-state index contributed by atoms with van der Waals surface area (Å²) in [5, 5.41) is 3.64. The molecule has 5 nitrogen and oxygen atoms in total. The molecule has 3 aromatic rings. The number of para-hydroxylation sites is 1. The number of ether oxygens (including phenoxy) is 1. The molecule has 3 rings (SSSR count). The van der Waals surface area contributed by atoms with Crippen LogP contribution in [0.1, 0.15) is 57.2 Å². The number of nitrogens with one attached hydrogen (secondary N) is 1. The topological polar surface area (TPSA) is 58.6 Å². The fourth-order valence-corrected chi connectivity index (χ4v) is 4.36. The fourth-order valence-electron chi connectivity index (χ4n) is 4.15. The number of nitrogens with zero attached hydrogens (tertiary/aromatic N) is 1. The number of rotatable bonds is 10. The second kappa shape index (κ2) is 12.8. The molecule has 0 fully saturated rings.